The second-order valence-corrected chi connectivity index (χ2v) is 8.84. The van der Waals surface area contributed by atoms with Crippen LogP contribution in [0.5, 0.6) is 0 Å². The van der Waals surface area contributed by atoms with Crippen molar-refractivity contribution in [3.8, 4) is 0 Å². The van der Waals surface area contributed by atoms with Crippen LogP contribution in [0.4, 0.5) is 10.5 Å². The van der Waals surface area contributed by atoms with Crippen LogP contribution in [0.25, 0.3) is 0 Å². The number of anilines is 1. The Morgan fingerprint density at radius 3 is 2.35 bits per heavy atom. The number of fused-ring (bicyclic) bond motifs is 2. The van der Waals surface area contributed by atoms with Crippen LogP contribution < -0.4 is 4.90 Å². The fraction of sp³-hybridized carbons (Fsp3) is 0.619. The molecular formula is C21H30N2O3. The van der Waals surface area contributed by atoms with Crippen molar-refractivity contribution >= 4 is 17.7 Å². The van der Waals surface area contributed by atoms with Gasteiger partial charge < -0.3 is 14.5 Å². The monoisotopic (exact) mass is 358 g/mol. The molecule has 142 valence electrons. The number of carbonyl (C=O) groups excluding carboxylic acids is 2. The van der Waals surface area contributed by atoms with Gasteiger partial charge in [0.05, 0.1) is 5.41 Å². The highest BCUT2D eigenvalue weighted by Gasteiger charge is 2.51. The van der Waals surface area contributed by atoms with E-state index in [0.29, 0.717) is 31.8 Å². The van der Waals surface area contributed by atoms with E-state index in [4.69, 9.17) is 4.74 Å². The van der Waals surface area contributed by atoms with Gasteiger partial charge in [-0.2, -0.15) is 0 Å². The van der Waals surface area contributed by atoms with E-state index in [2.05, 4.69) is 32.0 Å². The summed E-state index contributed by atoms with van der Waals surface area (Å²) in [6.07, 6.45) is 0.996. The summed E-state index contributed by atoms with van der Waals surface area (Å²) in [6, 6.07) is 6.38. The first-order chi connectivity index (χ1) is 12.0. The number of piperidine rings is 1. The number of benzene rings is 1. The van der Waals surface area contributed by atoms with E-state index in [1.807, 2.05) is 27.8 Å². The third-order valence-electron chi connectivity index (χ3n) is 5.55. The van der Waals surface area contributed by atoms with Crippen molar-refractivity contribution in [2.45, 2.75) is 64.4 Å². The molecule has 2 heterocycles. The Hall–Kier alpha value is -2.04. The van der Waals surface area contributed by atoms with Crippen molar-refractivity contribution < 1.29 is 14.3 Å². The van der Waals surface area contributed by atoms with Gasteiger partial charge in [-0.1, -0.05) is 26.0 Å². The van der Waals surface area contributed by atoms with Gasteiger partial charge in [-0.05, 0) is 56.7 Å². The number of hydrogen-bond donors (Lipinski definition) is 0. The standard InChI is InChI=1S/C21H30N2O3/c1-14(2)15-7-8-17-16(13-15)21(18(24)22(17)6)9-11-23(12-10-21)19(25)26-20(3,4)5/h7-8,13-14H,9-12H2,1-6H3. The number of likely N-dealkylation sites (tertiary alicyclic amines) is 1. The average molecular weight is 358 g/mol. The maximum Gasteiger partial charge on any atom is 0.410 e. The fourth-order valence-corrected chi connectivity index (χ4v) is 4.01. The maximum atomic E-state index is 13.1. The van der Waals surface area contributed by atoms with Crippen molar-refractivity contribution in [3.05, 3.63) is 29.3 Å². The smallest absolute Gasteiger partial charge is 0.410 e. The zero-order chi connectivity index (χ0) is 19.3. The van der Waals surface area contributed by atoms with Crippen molar-refractivity contribution in [2.24, 2.45) is 0 Å². The third kappa shape index (κ3) is 3.08. The molecule has 2 aliphatic rings. The van der Waals surface area contributed by atoms with Crippen LogP contribution in [-0.2, 0) is 14.9 Å². The highest BCUT2D eigenvalue weighted by molar-refractivity contribution is 6.08. The van der Waals surface area contributed by atoms with Crippen LogP contribution in [0.1, 0.15) is 64.5 Å². The normalized spacial score (nSPS) is 19.3. The molecule has 0 unspecified atom stereocenters. The molecule has 2 amide bonds. The molecule has 1 fully saturated rings. The van der Waals surface area contributed by atoms with E-state index in [9.17, 15) is 9.59 Å². The van der Waals surface area contributed by atoms with Gasteiger partial charge in [0.15, 0.2) is 0 Å². The summed E-state index contributed by atoms with van der Waals surface area (Å²) in [7, 11) is 1.85. The summed E-state index contributed by atoms with van der Waals surface area (Å²) in [5, 5.41) is 0. The second kappa shape index (κ2) is 6.29. The molecule has 0 aliphatic carbocycles. The average Bonchev–Trinajstić information content (AvgIpc) is 2.76. The molecule has 1 saturated heterocycles. The lowest BCUT2D eigenvalue weighted by Crippen LogP contribution is -2.50. The van der Waals surface area contributed by atoms with Crippen LogP contribution in [0.3, 0.4) is 0 Å². The lowest BCUT2D eigenvalue weighted by Gasteiger charge is -2.38. The fourth-order valence-electron chi connectivity index (χ4n) is 4.01. The molecule has 0 atom stereocenters. The van der Waals surface area contributed by atoms with E-state index in [0.717, 1.165) is 11.3 Å². The molecule has 0 aromatic heterocycles. The van der Waals surface area contributed by atoms with Crippen molar-refractivity contribution in [1.82, 2.24) is 4.90 Å². The predicted octanol–water partition coefficient (Wildman–Crippen LogP) is 4.06. The zero-order valence-corrected chi connectivity index (χ0v) is 16.8. The van der Waals surface area contributed by atoms with Gasteiger partial charge >= 0.3 is 6.09 Å². The van der Waals surface area contributed by atoms with Crippen molar-refractivity contribution in [3.63, 3.8) is 0 Å². The minimum atomic E-state index is -0.506. The van der Waals surface area contributed by atoms with Gasteiger partial charge in [-0.25, -0.2) is 4.79 Å². The highest BCUT2D eigenvalue weighted by atomic mass is 16.6. The highest BCUT2D eigenvalue weighted by Crippen LogP contribution is 2.48. The van der Waals surface area contributed by atoms with Gasteiger partial charge in [-0.15, -0.1) is 0 Å². The molecule has 0 radical (unpaired) electrons. The molecule has 26 heavy (non-hydrogen) atoms. The van der Waals surface area contributed by atoms with Crippen molar-refractivity contribution in [2.75, 3.05) is 25.0 Å². The molecule has 1 spiro atoms. The van der Waals surface area contributed by atoms with E-state index in [1.165, 1.54) is 5.56 Å². The van der Waals surface area contributed by atoms with Crippen LogP contribution in [-0.4, -0.2) is 42.6 Å². The Labute approximate surface area is 156 Å². The Morgan fingerprint density at radius 1 is 1.19 bits per heavy atom. The zero-order valence-electron chi connectivity index (χ0n) is 16.8. The summed E-state index contributed by atoms with van der Waals surface area (Å²) in [5.74, 6) is 0.567. The maximum absolute atomic E-state index is 13.1. The molecule has 1 aromatic carbocycles. The number of likely N-dealkylation sites (N-methyl/N-ethyl adjacent to an activating group) is 1. The molecule has 2 aliphatic heterocycles. The minimum absolute atomic E-state index is 0.150. The molecule has 5 heteroatoms. The second-order valence-electron chi connectivity index (χ2n) is 8.84. The van der Waals surface area contributed by atoms with E-state index in [-0.39, 0.29) is 12.0 Å². The Kier molecular flexibility index (Phi) is 4.53. The predicted molar refractivity (Wildman–Crippen MR) is 103 cm³/mol. The number of rotatable bonds is 1. The first-order valence-corrected chi connectivity index (χ1v) is 9.46. The molecule has 0 saturated carbocycles. The summed E-state index contributed by atoms with van der Waals surface area (Å²) >= 11 is 0. The Balaban J connectivity index is 1.85. The van der Waals surface area contributed by atoms with Gasteiger partial charge in [0.2, 0.25) is 5.91 Å². The number of amides is 2. The van der Waals surface area contributed by atoms with E-state index < -0.39 is 11.0 Å². The quantitative estimate of drug-likeness (QED) is 0.761. The number of carbonyl (C=O) groups is 2. The SMILES string of the molecule is CC(C)c1ccc2c(c1)C1(CCN(C(=O)OC(C)(C)C)CC1)C(=O)N2C. The summed E-state index contributed by atoms with van der Waals surface area (Å²) < 4.78 is 5.49. The van der Waals surface area contributed by atoms with E-state index in [1.54, 1.807) is 9.80 Å². The number of hydrogen-bond acceptors (Lipinski definition) is 3. The largest absolute Gasteiger partial charge is 0.444 e. The Morgan fingerprint density at radius 2 is 1.81 bits per heavy atom. The molecular weight excluding hydrogens is 328 g/mol. The molecule has 0 bridgehead atoms. The van der Waals surface area contributed by atoms with Crippen molar-refractivity contribution in [1.29, 1.82) is 0 Å². The third-order valence-corrected chi connectivity index (χ3v) is 5.55. The van der Waals surface area contributed by atoms with E-state index >= 15 is 0 Å². The lowest BCUT2D eigenvalue weighted by molar-refractivity contribution is -0.124. The summed E-state index contributed by atoms with van der Waals surface area (Å²) in [4.78, 5) is 29.0. The topological polar surface area (TPSA) is 49.9 Å². The van der Waals surface area contributed by atoms with Gasteiger partial charge in [0.1, 0.15) is 5.60 Å². The number of ether oxygens (including phenoxy) is 1. The summed E-state index contributed by atoms with van der Waals surface area (Å²) in [5.41, 5.74) is 2.37. The first kappa shape index (κ1) is 18.7. The van der Waals surface area contributed by atoms with Gasteiger partial charge in [0.25, 0.3) is 0 Å². The Bertz CT molecular complexity index is 725. The first-order valence-electron chi connectivity index (χ1n) is 9.46. The molecule has 1 aromatic rings. The minimum Gasteiger partial charge on any atom is -0.444 e. The van der Waals surface area contributed by atoms with Crippen LogP contribution in [0, 0.1) is 0 Å². The van der Waals surface area contributed by atoms with Crippen LogP contribution in [0.2, 0.25) is 0 Å². The number of nitrogens with zero attached hydrogens (tertiary/aromatic N) is 2. The molecule has 5 nitrogen and oxygen atoms in total. The van der Waals surface area contributed by atoms with Crippen LogP contribution >= 0.6 is 0 Å². The van der Waals surface area contributed by atoms with Crippen LogP contribution in [0.15, 0.2) is 18.2 Å². The lowest BCUT2D eigenvalue weighted by atomic mass is 9.73. The molecule has 0 N–H and O–H groups in total. The summed E-state index contributed by atoms with van der Waals surface area (Å²) in [6.45, 7) is 11.0. The molecule has 3 rings (SSSR count). The van der Waals surface area contributed by atoms with Gasteiger partial charge in [-0.3, -0.25) is 4.79 Å². The van der Waals surface area contributed by atoms with Gasteiger partial charge in [0, 0.05) is 25.8 Å².